The number of hydrogen-bond acceptors (Lipinski definition) is 4. The van der Waals surface area contributed by atoms with Crippen molar-refractivity contribution in [1.82, 2.24) is 0 Å². The lowest BCUT2D eigenvalue weighted by atomic mass is 9.82. The molecule has 4 nitrogen and oxygen atoms in total. The number of methoxy groups -OCH3 is 1. The van der Waals surface area contributed by atoms with Crippen molar-refractivity contribution in [2.75, 3.05) is 12.0 Å². The molecule has 0 bridgehead atoms. The molecule has 0 aromatic carbocycles. The van der Waals surface area contributed by atoms with Gasteiger partial charge in [0.1, 0.15) is 4.88 Å². The summed E-state index contributed by atoms with van der Waals surface area (Å²) >= 11 is 1.30. The van der Waals surface area contributed by atoms with Crippen molar-refractivity contribution in [1.29, 1.82) is 0 Å². The molecule has 1 aromatic heterocycles. The second-order valence-corrected chi connectivity index (χ2v) is 9.05. The van der Waals surface area contributed by atoms with Crippen molar-refractivity contribution in [2.45, 2.75) is 66.3 Å². The first-order valence-corrected chi connectivity index (χ1v) is 10.6. The van der Waals surface area contributed by atoms with Gasteiger partial charge in [-0.25, -0.2) is 4.79 Å². The van der Waals surface area contributed by atoms with Gasteiger partial charge in [-0.15, -0.1) is 11.3 Å². The molecular formula is C22H31NO3S. The van der Waals surface area contributed by atoms with Gasteiger partial charge in [0.15, 0.2) is 0 Å². The molecule has 5 heteroatoms. The summed E-state index contributed by atoms with van der Waals surface area (Å²) in [5, 5.41) is 0. The summed E-state index contributed by atoms with van der Waals surface area (Å²) in [6.07, 6.45) is 4.00. The van der Waals surface area contributed by atoms with Gasteiger partial charge in [-0.1, -0.05) is 32.6 Å². The van der Waals surface area contributed by atoms with Crippen molar-refractivity contribution in [3.05, 3.63) is 15.8 Å². The maximum Gasteiger partial charge on any atom is 0.350 e. The maximum atomic E-state index is 13.3. The average molecular weight is 390 g/mol. The topological polar surface area (TPSA) is 46.6 Å². The fourth-order valence-electron chi connectivity index (χ4n) is 3.43. The Kier molecular flexibility index (Phi) is 7.49. The van der Waals surface area contributed by atoms with Gasteiger partial charge in [0.2, 0.25) is 5.91 Å². The molecule has 1 heterocycles. The lowest BCUT2D eigenvalue weighted by Crippen LogP contribution is -2.42. The first kappa shape index (κ1) is 21.5. The number of nitrogens with zero attached hydrogens (tertiary/aromatic N) is 1. The number of esters is 1. The molecule has 0 unspecified atom stereocenters. The van der Waals surface area contributed by atoms with Crippen molar-refractivity contribution in [2.24, 2.45) is 17.8 Å². The van der Waals surface area contributed by atoms with Crippen LogP contribution in [0, 0.1) is 29.6 Å². The van der Waals surface area contributed by atoms with Gasteiger partial charge in [0.25, 0.3) is 0 Å². The molecule has 0 radical (unpaired) electrons. The Bertz CT molecular complexity index is 730. The fraction of sp³-hybridized carbons (Fsp3) is 0.636. The summed E-state index contributed by atoms with van der Waals surface area (Å²) in [4.78, 5) is 28.7. The summed E-state index contributed by atoms with van der Waals surface area (Å²) in [6, 6.07) is 1.83. The van der Waals surface area contributed by atoms with Gasteiger partial charge >= 0.3 is 5.97 Å². The third-order valence-corrected chi connectivity index (χ3v) is 5.97. The highest BCUT2D eigenvalue weighted by Crippen LogP contribution is 2.36. The van der Waals surface area contributed by atoms with Gasteiger partial charge in [0.05, 0.1) is 17.7 Å². The maximum absolute atomic E-state index is 13.3. The molecule has 27 heavy (non-hydrogen) atoms. The third-order valence-electron chi connectivity index (χ3n) is 4.95. The molecule has 1 aliphatic carbocycles. The molecule has 1 aromatic rings. The summed E-state index contributed by atoms with van der Waals surface area (Å²) in [7, 11) is 1.37. The molecule has 148 valence electrons. The van der Waals surface area contributed by atoms with Gasteiger partial charge in [0, 0.05) is 17.9 Å². The van der Waals surface area contributed by atoms with E-state index in [1.807, 2.05) is 33.8 Å². The number of hydrogen-bond donors (Lipinski definition) is 0. The SMILES string of the molecule is COC(=O)c1sc(C#CC(C)C)cc1N(C(=O)C1CCC(C)CC1)C(C)C. The second kappa shape index (κ2) is 9.41. The first-order chi connectivity index (χ1) is 12.7. The van der Waals surface area contributed by atoms with Crippen molar-refractivity contribution >= 4 is 28.9 Å². The van der Waals surface area contributed by atoms with Gasteiger partial charge in [-0.2, -0.15) is 0 Å². The molecule has 0 saturated heterocycles. The van der Waals surface area contributed by atoms with Crippen LogP contribution in [0.5, 0.6) is 0 Å². The Labute approximate surface area is 167 Å². The highest BCUT2D eigenvalue weighted by atomic mass is 32.1. The molecule has 0 aliphatic heterocycles. The van der Waals surface area contributed by atoms with Crippen LogP contribution in [0.4, 0.5) is 5.69 Å². The van der Waals surface area contributed by atoms with Crippen LogP contribution in [-0.4, -0.2) is 25.0 Å². The zero-order valence-electron chi connectivity index (χ0n) is 17.3. The Balaban J connectivity index is 2.41. The van der Waals surface area contributed by atoms with Crippen LogP contribution in [0.1, 0.15) is 74.9 Å². The molecule has 0 spiro atoms. The zero-order chi connectivity index (χ0) is 20.1. The number of rotatable bonds is 4. The number of amides is 1. The Morgan fingerprint density at radius 1 is 1.19 bits per heavy atom. The van der Waals surface area contributed by atoms with Crippen molar-refractivity contribution in [3.63, 3.8) is 0 Å². The number of carbonyl (C=O) groups excluding carboxylic acids is 2. The molecule has 1 saturated carbocycles. The van der Waals surface area contributed by atoms with Crippen LogP contribution in [0.2, 0.25) is 0 Å². The minimum Gasteiger partial charge on any atom is -0.465 e. The number of carbonyl (C=O) groups is 2. The lowest BCUT2D eigenvalue weighted by Gasteiger charge is -2.33. The zero-order valence-corrected chi connectivity index (χ0v) is 18.1. The number of thiophene rings is 1. The van der Waals surface area contributed by atoms with Crippen LogP contribution >= 0.6 is 11.3 Å². The molecule has 1 amide bonds. The summed E-state index contributed by atoms with van der Waals surface area (Å²) in [5.74, 6) is 6.91. The summed E-state index contributed by atoms with van der Waals surface area (Å²) < 4.78 is 4.97. The predicted molar refractivity (Wildman–Crippen MR) is 111 cm³/mol. The first-order valence-electron chi connectivity index (χ1n) is 9.81. The average Bonchev–Trinajstić information content (AvgIpc) is 3.03. The Morgan fingerprint density at radius 2 is 1.81 bits per heavy atom. The van der Waals surface area contributed by atoms with Gasteiger partial charge in [-0.05, 0) is 51.5 Å². The quantitative estimate of drug-likeness (QED) is 0.531. The van der Waals surface area contributed by atoms with Crippen molar-refractivity contribution in [3.8, 4) is 11.8 Å². The van der Waals surface area contributed by atoms with Crippen LogP contribution < -0.4 is 4.90 Å². The van der Waals surface area contributed by atoms with Gasteiger partial charge in [-0.3, -0.25) is 4.79 Å². The van der Waals surface area contributed by atoms with Gasteiger partial charge < -0.3 is 9.64 Å². The minimum atomic E-state index is -0.414. The largest absolute Gasteiger partial charge is 0.465 e. The van der Waals surface area contributed by atoms with E-state index in [0.717, 1.165) is 30.6 Å². The van der Waals surface area contributed by atoms with E-state index in [1.54, 1.807) is 4.90 Å². The normalized spacial score (nSPS) is 19.6. The second-order valence-electron chi connectivity index (χ2n) is 8.00. The predicted octanol–water partition coefficient (Wildman–Crippen LogP) is 5.11. The molecule has 1 fully saturated rings. The van der Waals surface area contributed by atoms with Crippen LogP contribution in [0.15, 0.2) is 6.07 Å². The number of ether oxygens (including phenoxy) is 1. The molecule has 1 aliphatic rings. The Hall–Kier alpha value is -1.80. The molecule has 2 rings (SSSR count). The van der Waals surface area contributed by atoms with E-state index in [-0.39, 0.29) is 23.8 Å². The standard InChI is InChI=1S/C22H31NO3S/c1-14(2)7-12-18-13-19(20(27-18)22(25)26-6)23(15(3)4)21(24)17-10-8-16(5)9-11-17/h13-17H,8-11H2,1-6H3. The van der Waals surface area contributed by atoms with E-state index in [9.17, 15) is 9.59 Å². The highest BCUT2D eigenvalue weighted by Gasteiger charge is 2.33. The van der Waals surface area contributed by atoms with E-state index >= 15 is 0 Å². The molecule has 0 N–H and O–H groups in total. The van der Waals surface area contributed by atoms with E-state index in [0.29, 0.717) is 16.5 Å². The van der Waals surface area contributed by atoms with E-state index in [2.05, 4.69) is 18.8 Å². The van der Waals surface area contributed by atoms with Crippen LogP contribution in [0.3, 0.4) is 0 Å². The highest BCUT2D eigenvalue weighted by molar-refractivity contribution is 7.15. The van der Waals surface area contributed by atoms with E-state index in [1.165, 1.54) is 18.4 Å². The fourth-order valence-corrected chi connectivity index (χ4v) is 4.36. The molecule has 0 atom stereocenters. The lowest BCUT2D eigenvalue weighted by molar-refractivity contribution is -0.123. The van der Waals surface area contributed by atoms with Crippen LogP contribution in [0.25, 0.3) is 0 Å². The number of anilines is 1. The smallest absolute Gasteiger partial charge is 0.350 e. The van der Waals surface area contributed by atoms with Crippen molar-refractivity contribution < 1.29 is 14.3 Å². The van der Waals surface area contributed by atoms with E-state index in [4.69, 9.17) is 4.74 Å². The summed E-state index contributed by atoms with van der Waals surface area (Å²) in [5.41, 5.74) is 0.638. The van der Waals surface area contributed by atoms with Crippen LogP contribution in [-0.2, 0) is 9.53 Å². The Morgan fingerprint density at radius 3 is 2.33 bits per heavy atom. The van der Waals surface area contributed by atoms with E-state index < -0.39 is 5.97 Å². The molecular weight excluding hydrogens is 358 g/mol. The minimum absolute atomic E-state index is 0.0270. The summed E-state index contributed by atoms with van der Waals surface area (Å²) in [6.45, 7) is 10.3. The third kappa shape index (κ3) is 5.35. The monoisotopic (exact) mass is 389 g/mol.